The average molecular weight is 188 g/mol. The Morgan fingerprint density at radius 2 is 1.50 bits per heavy atom. The lowest BCUT2D eigenvalue weighted by Crippen LogP contribution is -2.19. The summed E-state index contributed by atoms with van der Waals surface area (Å²) < 4.78 is 59.2. The predicted molar refractivity (Wildman–Crippen MR) is 35.0 cm³/mol. The monoisotopic (exact) mass is 188 g/mol. The van der Waals surface area contributed by atoms with E-state index in [1.54, 1.807) is 0 Å². The highest BCUT2D eigenvalue weighted by Crippen LogP contribution is 2.31. The molecular weight excluding hydrogens is 179 g/mol. The van der Waals surface area contributed by atoms with Crippen molar-refractivity contribution in [3.05, 3.63) is 12.7 Å². The Kier molecular flexibility index (Phi) is 3.67. The van der Waals surface area contributed by atoms with Crippen LogP contribution in [0.25, 0.3) is 0 Å². The number of hydrogen-bond acceptors (Lipinski definition) is 0. The molecule has 0 aromatic heterocycles. The lowest BCUT2D eigenvalue weighted by Gasteiger charge is -2.14. The maximum atomic E-state index is 12.4. The molecule has 0 saturated carbocycles. The highest BCUT2D eigenvalue weighted by Gasteiger charge is 2.35. The molecule has 0 atom stereocenters. The van der Waals surface area contributed by atoms with E-state index >= 15 is 0 Å². The van der Waals surface area contributed by atoms with Gasteiger partial charge in [-0.15, -0.1) is 6.58 Å². The Hall–Kier alpha value is -0.610. The summed E-state index contributed by atoms with van der Waals surface area (Å²) in [5.74, 6) is -3.28. The second kappa shape index (κ2) is 3.87. The molecule has 0 saturated heterocycles. The molecular formula is C7H9F5. The van der Waals surface area contributed by atoms with Crippen LogP contribution in [0.15, 0.2) is 12.7 Å². The van der Waals surface area contributed by atoms with E-state index in [4.69, 9.17) is 0 Å². The molecule has 0 radical (unpaired) electrons. The summed E-state index contributed by atoms with van der Waals surface area (Å²) in [5, 5.41) is 0. The first-order valence-electron chi connectivity index (χ1n) is 3.32. The fourth-order valence-corrected chi connectivity index (χ4v) is 0.638. The zero-order valence-electron chi connectivity index (χ0n) is 6.30. The molecule has 0 aliphatic rings. The van der Waals surface area contributed by atoms with Crippen molar-refractivity contribution in [1.82, 2.24) is 0 Å². The van der Waals surface area contributed by atoms with E-state index in [1.807, 2.05) is 0 Å². The Balaban J connectivity index is 3.83. The maximum absolute atomic E-state index is 12.4. The van der Waals surface area contributed by atoms with E-state index in [1.165, 1.54) is 0 Å². The number of allylic oxidation sites excluding steroid dienone is 1. The first kappa shape index (κ1) is 11.4. The van der Waals surface area contributed by atoms with Crippen LogP contribution in [0, 0.1) is 0 Å². The molecule has 5 heteroatoms. The van der Waals surface area contributed by atoms with Gasteiger partial charge in [0.15, 0.2) is 0 Å². The zero-order valence-corrected chi connectivity index (χ0v) is 6.30. The summed E-state index contributed by atoms with van der Waals surface area (Å²) in [6, 6.07) is 0. The molecule has 0 N–H and O–H groups in total. The number of alkyl halides is 5. The predicted octanol–water partition coefficient (Wildman–Crippen LogP) is 3.54. The standard InChI is InChI=1S/C7H9F5/c1-2-3-6(8,9)4-5-7(10,11)12/h2H,1,3-5H2. The van der Waals surface area contributed by atoms with Gasteiger partial charge >= 0.3 is 6.18 Å². The molecule has 72 valence electrons. The van der Waals surface area contributed by atoms with Crippen molar-refractivity contribution >= 4 is 0 Å². The van der Waals surface area contributed by atoms with E-state index in [0.29, 0.717) is 0 Å². The molecule has 0 unspecified atom stereocenters. The van der Waals surface area contributed by atoms with Gasteiger partial charge in [0, 0.05) is 19.3 Å². The third-order valence-electron chi connectivity index (χ3n) is 1.22. The fraction of sp³-hybridized carbons (Fsp3) is 0.714. The summed E-state index contributed by atoms with van der Waals surface area (Å²) in [6.45, 7) is 3.03. The third-order valence-corrected chi connectivity index (χ3v) is 1.22. The van der Waals surface area contributed by atoms with Crippen molar-refractivity contribution in [2.75, 3.05) is 0 Å². The Morgan fingerprint density at radius 3 is 1.83 bits per heavy atom. The topological polar surface area (TPSA) is 0 Å². The minimum atomic E-state index is -4.51. The van der Waals surface area contributed by atoms with Gasteiger partial charge in [-0.2, -0.15) is 13.2 Å². The Labute approximate surface area is 67.1 Å². The van der Waals surface area contributed by atoms with Gasteiger partial charge in [-0.1, -0.05) is 6.08 Å². The minimum absolute atomic E-state index is 0.705. The molecule has 0 amide bonds. The van der Waals surface area contributed by atoms with Crippen molar-refractivity contribution in [3.8, 4) is 0 Å². The van der Waals surface area contributed by atoms with Crippen molar-refractivity contribution in [2.24, 2.45) is 0 Å². The first-order valence-corrected chi connectivity index (χ1v) is 3.32. The quantitative estimate of drug-likeness (QED) is 0.467. The fourth-order valence-electron chi connectivity index (χ4n) is 0.638. The molecule has 0 spiro atoms. The van der Waals surface area contributed by atoms with Crippen molar-refractivity contribution in [1.29, 1.82) is 0 Å². The van der Waals surface area contributed by atoms with Gasteiger partial charge in [0.2, 0.25) is 0 Å². The Morgan fingerprint density at radius 1 is 1.00 bits per heavy atom. The maximum Gasteiger partial charge on any atom is 0.389 e. The lowest BCUT2D eigenvalue weighted by atomic mass is 10.1. The summed E-state index contributed by atoms with van der Waals surface area (Å²) in [6.07, 6.45) is -6.92. The van der Waals surface area contributed by atoms with Gasteiger partial charge in [0.25, 0.3) is 5.92 Å². The molecule has 0 aromatic rings. The highest BCUT2D eigenvalue weighted by atomic mass is 19.4. The Bertz CT molecular complexity index is 146. The molecule has 0 aliphatic heterocycles. The molecule has 12 heavy (non-hydrogen) atoms. The van der Waals surface area contributed by atoms with E-state index in [-0.39, 0.29) is 0 Å². The molecule has 0 bridgehead atoms. The van der Waals surface area contributed by atoms with Crippen LogP contribution in [-0.2, 0) is 0 Å². The van der Waals surface area contributed by atoms with E-state index in [2.05, 4.69) is 6.58 Å². The van der Waals surface area contributed by atoms with Crippen LogP contribution in [0.3, 0.4) is 0 Å². The van der Waals surface area contributed by atoms with Crippen LogP contribution in [-0.4, -0.2) is 12.1 Å². The second-order valence-electron chi connectivity index (χ2n) is 2.46. The molecule has 0 heterocycles. The van der Waals surface area contributed by atoms with E-state index < -0.39 is 31.4 Å². The smallest absolute Gasteiger partial charge is 0.207 e. The highest BCUT2D eigenvalue weighted by molar-refractivity contribution is 4.79. The summed E-state index contributed by atoms with van der Waals surface area (Å²) >= 11 is 0. The van der Waals surface area contributed by atoms with Gasteiger partial charge in [0.1, 0.15) is 0 Å². The molecule has 0 rings (SSSR count). The van der Waals surface area contributed by atoms with Gasteiger partial charge in [0.05, 0.1) is 0 Å². The van der Waals surface area contributed by atoms with Crippen molar-refractivity contribution in [3.63, 3.8) is 0 Å². The largest absolute Gasteiger partial charge is 0.389 e. The molecule has 0 aromatic carbocycles. The molecule has 0 aliphatic carbocycles. The van der Waals surface area contributed by atoms with Gasteiger partial charge < -0.3 is 0 Å². The number of halogens is 5. The molecule has 0 fully saturated rings. The molecule has 0 nitrogen and oxygen atoms in total. The van der Waals surface area contributed by atoms with Crippen LogP contribution in [0.5, 0.6) is 0 Å². The van der Waals surface area contributed by atoms with Crippen LogP contribution in [0.2, 0.25) is 0 Å². The van der Waals surface area contributed by atoms with Gasteiger partial charge in [-0.25, -0.2) is 8.78 Å². The second-order valence-corrected chi connectivity index (χ2v) is 2.46. The summed E-state index contributed by atoms with van der Waals surface area (Å²) in [4.78, 5) is 0. The SMILES string of the molecule is C=CCC(F)(F)CCC(F)(F)F. The normalized spacial score (nSPS) is 13.1. The van der Waals surface area contributed by atoms with E-state index in [0.717, 1.165) is 6.08 Å². The number of rotatable bonds is 4. The first-order chi connectivity index (χ1) is 5.27. The lowest BCUT2D eigenvalue weighted by molar-refractivity contribution is -0.151. The average Bonchev–Trinajstić information content (AvgIpc) is 1.83. The zero-order chi connectivity index (χ0) is 9.83. The van der Waals surface area contributed by atoms with Crippen LogP contribution >= 0.6 is 0 Å². The van der Waals surface area contributed by atoms with Crippen LogP contribution in [0.4, 0.5) is 22.0 Å². The van der Waals surface area contributed by atoms with Crippen LogP contribution < -0.4 is 0 Å². The van der Waals surface area contributed by atoms with Gasteiger partial charge in [-0.05, 0) is 0 Å². The van der Waals surface area contributed by atoms with Gasteiger partial charge in [-0.3, -0.25) is 0 Å². The van der Waals surface area contributed by atoms with E-state index in [9.17, 15) is 22.0 Å². The third kappa shape index (κ3) is 6.12. The number of hydrogen-bond donors (Lipinski definition) is 0. The minimum Gasteiger partial charge on any atom is -0.207 e. The van der Waals surface area contributed by atoms with Crippen molar-refractivity contribution in [2.45, 2.75) is 31.4 Å². The summed E-state index contributed by atoms with van der Waals surface area (Å²) in [5.41, 5.74) is 0. The van der Waals surface area contributed by atoms with Crippen LogP contribution in [0.1, 0.15) is 19.3 Å². The van der Waals surface area contributed by atoms with Crippen molar-refractivity contribution < 1.29 is 22.0 Å². The summed E-state index contributed by atoms with van der Waals surface area (Å²) in [7, 11) is 0.